The van der Waals surface area contributed by atoms with Gasteiger partial charge >= 0.3 is 0 Å². The molecule has 0 bridgehead atoms. The third-order valence-electron chi connectivity index (χ3n) is 0. The van der Waals surface area contributed by atoms with E-state index in [1.807, 2.05) is 0 Å². The van der Waals surface area contributed by atoms with Gasteiger partial charge in [0.2, 0.25) is 0 Å². The maximum atomic E-state index is 0. The maximum absolute atomic E-state index is 0. The zero-order valence-corrected chi connectivity index (χ0v) is 338. The van der Waals surface area contributed by atoms with Gasteiger partial charge in [0.25, 0.3) is 0 Å². The topological polar surface area (TPSA) is 0 Å². The number of hydrogen-bond acceptors (Lipinski definition) is 0. The quantitative estimate of drug-likeness (QED) is 0.213. The van der Waals surface area contributed by atoms with Gasteiger partial charge in [-0.2, -0.15) is 0 Å². The van der Waals surface area contributed by atoms with Crippen LogP contribution in [0.4, 0.5) is 0 Å². The minimum Gasteiger partial charge on any atom is 0 e. The van der Waals surface area contributed by atoms with Crippen molar-refractivity contribution in [1.29, 1.82) is 0 Å². The molecule has 215 valence electrons. The van der Waals surface area contributed by atoms with E-state index in [0.717, 1.165) is 0 Å². The molecule has 0 aromatic heterocycles. The van der Waals surface area contributed by atoms with Crippen LogP contribution in [0.2, 0.25) is 0 Å². The van der Waals surface area contributed by atoms with Crippen LogP contribution in [0.3, 0.4) is 0 Å². The Morgan fingerprint density at radius 3 is 0.0200 bits per heavy atom. The van der Waals surface area contributed by atoms with Crippen molar-refractivity contribution in [3.63, 3.8) is 0 Å². The summed E-state index contributed by atoms with van der Waals surface area (Å²) < 4.78 is 0. The SMILES string of the molecule is [Al].[Al].[Al].[Al].[Al].[Al].[Al].[Al].[Al].[Al].[Al].[Al].[Al].[Al].[Al].[Zn].[Zn].[Zn].[Zn].[Zn].[Zn].[Zn].[Zn].[Zn].[Zn].[Zn].[Zn].[Zn].[Zn].[Zn].[Zn].[Zn].[Zn].[Zn].[Zn].[Zn].[Zn].[Zn].[Zn].[Zn].[Zn].[Zn].[Zn].[Zn].[Zn].[Zn].[Zn].[Zn].[Zn].[Zn].[Zn].[Zn].[Zn].[Zn].[Zn].[Zn].[Zn].[Zn].[Zn].[Zn].[Zn].[Zn].[Zn].[Zn].[Zn].[Zn].[Zn].[Zn].[Zn].[Zn].[Zn].[Zn].[Zn].[Zn].[Zn].[Zn].[Zn].[Zn].[Zn].[Zn].[Zn].[Zn].[Zn].[Zn].[Zn].[Zn].[Zn].[Zn].[Zn].[Zn].[Zn].[Zn].[Zn].[Zn].[Zn].[Zn].[Zn].[Zn].[Zn].[Zn]. The molecule has 0 unspecified atom stereocenters. The van der Waals surface area contributed by atoms with E-state index >= 15 is 0 Å². The molecule has 0 aromatic rings. The molecule has 100 heteroatoms. The Morgan fingerprint density at radius 2 is 0.0200 bits per heavy atom. The van der Waals surface area contributed by atoms with Gasteiger partial charge in [0.05, 0.1) is 0 Å². The Morgan fingerprint density at radius 1 is 0.0200 bits per heavy atom. The Hall–Kier alpha value is 61.0. The Labute approximate surface area is 1860 Å². The first kappa shape index (κ1) is 1110. The minimum absolute atomic E-state index is 0. The predicted octanol–water partition coefficient (Wildman–Crippen LogP) is -5.92. The standard InChI is InChI=1S/15Al.85Zn. The molecule has 0 amide bonds. The molecule has 0 N–H and O–H groups in total. The smallest absolute Gasteiger partial charge is 0 e. The van der Waals surface area contributed by atoms with Crippen LogP contribution in [0.25, 0.3) is 0 Å². The summed E-state index contributed by atoms with van der Waals surface area (Å²) in [6.45, 7) is 0. The summed E-state index contributed by atoms with van der Waals surface area (Å²) in [5, 5.41) is 0. The third-order valence-corrected chi connectivity index (χ3v) is 0. The molecule has 0 saturated heterocycles. The first-order chi connectivity index (χ1) is 0. The largest absolute Gasteiger partial charge is 0 e. The van der Waals surface area contributed by atoms with Crippen molar-refractivity contribution < 1.29 is 1660 Å². The minimum atomic E-state index is 0. The van der Waals surface area contributed by atoms with Crippen LogP contribution in [0.5, 0.6) is 0 Å². The third kappa shape index (κ3) is 1070. The molecule has 0 rings (SSSR count). The van der Waals surface area contributed by atoms with E-state index < -0.39 is 0 Å². The first-order valence-electron chi connectivity index (χ1n) is 0. The van der Waals surface area contributed by atoms with Crippen LogP contribution in [0, 0.1) is 0 Å². The second-order valence-electron chi connectivity index (χ2n) is 0. The van der Waals surface area contributed by atoms with Gasteiger partial charge in [-0.1, -0.05) is 0 Å². The summed E-state index contributed by atoms with van der Waals surface area (Å²) in [6, 6.07) is 0. The van der Waals surface area contributed by atoms with Crippen molar-refractivity contribution in [2.45, 2.75) is 0 Å². The monoisotopic (exact) mass is 5840 g/mol. The zero-order valence-electron chi connectivity index (χ0n) is 68.8. The summed E-state index contributed by atoms with van der Waals surface area (Å²) >= 11 is 0. The van der Waals surface area contributed by atoms with Gasteiger partial charge in [-0.15, -0.1) is 0 Å². The molecular weight excluding hydrogens is 5960 g/mol. The molecule has 0 heterocycles. The van der Waals surface area contributed by atoms with Crippen LogP contribution in [-0.2, 0) is 1660 Å². The van der Waals surface area contributed by atoms with E-state index in [-0.39, 0.29) is 1920 Å². The molecule has 0 aromatic carbocycles. The zero-order chi connectivity index (χ0) is 0. The first-order valence-corrected chi connectivity index (χ1v) is 0. The Bertz CT molecular complexity index is 61.0. The molecule has 0 saturated carbocycles. The molecule has 0 nitrogen and oxygen atoms in total. The molecule has 0 fully saturated rings. The fourth-order valence-electron chi connectivity index (χ4n) is 0. The molecule has 0 spiro atoms. The van der Waals surface area contributed by atoms with E-state index in [4.69, 9.17) is 0 Å². The van der Waals surface area contributed by atoms with E-state index in [1.54, 1.807) is 0 Å². The normalized spacial score (nSPS) is 0. The van der Waals surface area contributed by atoms with Crippen molar-refractivity contribution in [1.82, 2.24) is 0 Å². The van der Waals surface area contributed by atoms with Gasteiger partial charge in [-0.25, -0.2) is 0 Å². The summed E-state index contributed by atoms with van der Waals surface area (Å²) in [4.78, 5) is 0. The molecule has 0 aliphatic carbocycles. The van der Waals surface area contributed by atoms with Crippen LogP contribution < -0.4 is 0 Å². The van der Waals surface area contributed by atoms with Crippen molar-refractivity contribution >= 4 is 260 Å². The fraction of sp³-hybridized carbons (Fsp3) is 0. The molecule has 0 aliphatic rings. The fourth-order valence-corrected chi connectivity index (χ4v) is 0. The second kappa shape index (κ2) is 1090. The second-order valence-corrected chi connectivity index (χ2v) is 0. The van der Waals surface area contributed by atoms with E-state index in [9.17, 15) is 0 Å². The van der Waals surface area contributed by atoms with Crippen LogP contribution >= 0.6 is 0 Å². The van der Waals surface area contributed by atoms with Gasteiger partial charge in [0, 0.05) is 1920 Å². The summed E-state index contributed by atoms with van der Waals surface area (Å²) in [5.74, 6) is 0. The van der Waals surface area contributed by atoms with E-state index in [0.29, 0.717) is 0 Å². The van der Waals surface area contributed by atoms with Crippen LogP contribution in [0.15, 0.2) is 0 Å². The Balaban J connectivity index is 0. The molecule has 0 atom stereocenters. The number of hydrogen-bond donors (Lipinski definition) is 0. The number of rotatable bonds is 0. The molecule has 0 aliphatic heterocycles. The van der Waals surface area contributed by atoms with Crippen molar-refractivity contribution in [2.75, 3.05) is 0 Å². The van der Waals surface area contributed by atoms with Crippen LogP contribution in [-0.4, -0.2) is 260 Å². The average molecular weight is 5960 g/mol. The summed E-state index contributed by atoms with van der Waals surface area (Å²) in [7, 11) is 0. The van der Waals surface area contributed by atoms with Gasteiger partial charge in [-0.05, 0) is 0 Å². The van der Waals surface area contributed by atoms with Crippen molar-refractivity contribution in [2.24, 2.45) is 0 Å². The van der Waals surface area contributed by atoms with Crippen LogP contribution in [0.1, 0.15) is 0 Å². The molecule has 100 heavy (non-hydrogen) atoms. The van der Waals surface area contributed by atoms with Gasteiger partial charge in [0.1, 0.15) is 0 Å². The predicted molar refractivity (Wildman–Crippen MR) is 86.3 cm³/mol. The average Bonchev–Trinajstić information content (AvgIpc) is 0. The summed E-state index contributed by atoms with van der Waals surface area (Å²) in [6.07, 6.45) is 0. The van der Waals surface area contributed by atoms with Gasteiger partial charge in [-0.3, -0.25) is 0 Å². The molecule has 45 radical (unpaired) electrons. The summed E-state index contributed by atoms with van der Waals surface area (Å²) in [5.41, 5.74) is 0. The van der Waals surface area contributed by atoms with E-state index in [2.05, 4.69) is 0 Å². The van der Waals surface area contributed by atoms with E-state index in [1.165, 1.54) is 0 Å². The van der Waals surface area contributed by atoms with Crippen molar-refractivity contribution in [3.05, 3.63) is 0 Å². The Kier molecular flexibility index (Phi) is 12000. The van der Waals surface area contributed by atoms with Gasteiger partial charge < -0.3 is 0 Å². The maximum Gasteiger partial charge on any atom is 0 e. The van der Waals surface area contributed by atoms with Crippen molar-refractivity contribution in [3.8, 4) is 0 Å². The van der Waals surface area contributed by atoms with Gasteiger partial charge in [0.15, 0.2) is 0 Å². The molecular formula is Al15Zn85.